The van der Waals surface area contributed by atoms with Gasteiger partial charge in [0.15, 0.2) is 11.6 Å². The molecular formula is C17H21FN2O. The first-order chi connectivity index (χ1) is 10.3. The lowest BCUT2D eigenvalue weighted by Crippen LogP contribution is -2.38. The van der Waals surface area contributed by atoms with Crippen LogP contribution in [0.3, 0.4) is 0 Å². The number of benzene rings is 1. The molecule has 0 unspecified atom stereocenters. The first kappa shape index (κ1) is 14.3. The summed E-state index contributed by atoms with van der Waals surface area (Å²) in [5.74, 6) is 0.0640. The second kappa shape index (κ2) is 6.39. The molecule has 1 aromatic carbocycles. The molecule has 4 heteroatoms. The summed E-state index contributed by atoms with van der Waals surface area (Å²) >= 11 is 0. The van der Waals surface area contributed by atoms with Crippen LogP contribution in [0.2, 0.25) is 0 Å². The number of pyridine rings is 1. The number of likely N-dealkylation sites (tertiary alicyclic amines) is 1. The Labute approximate surface area is 124 Å². The standard InChI is InChI=1S/C17H21FN2O/c1-2-7-20-8-4-15(5-9-20)21-17-11-13-3-6-19-12-14(13)10-16(17)18/h3,6,10-12,15H,2,4-5,7-9H2,1H3. The number of fused-ring (bicyclic) bond motifs is 1. The zero-order valence-corrected chi connectivity index (χ0v) is 12.4. The molecule has 0 atom stereocenters. The number of ether oxygens (including phenoxy) is 1. The van der Waals surface area contributed by atoms with Gasteiger partial charge in [0.2, 0.25) is 0 Å². The van der Waals surface area contributed by atoms with E-state index in [1.165, 1.54) is 12.5 Å². The Kier molecular flexibility index (Phi) is 4.34. The molecule has 2 aromatic rings. The van der Waals surface area contributed by atoms with Gasteiger partial charge in [-0.1, -0.05) is 6.92 Å². The van der Waals surface area contributed by atoms with Gasteiger partial charge in [-0.2, -0.15) is 0 Å². The van der Waals surface area contributed by atoms with E-state index in [0.29, 0.717) is 5.75 Å². The molecule has 112 valence electrons. The molecule has 0 amide bonds. The monoisotopic (exact) mass is 288 g/mol. The SMILES string of the molecule is CCCN1CCC(Oc2cc3ccncc3cc2F)CC1. The van der Waals surface area contributed by atoms with E-state index in [1.54, 1.807) is 18.5 Å². The van der Waals surface area contributed by atoms with Crippen LogP contribution in [0, 0.1) is 5.82 Å². The maximum Gasteiger partial charge on any atom is 0.165 e. The smallest absolute Gasteiger partial charge is 0.165 e. The molecule has 1 aromatic heterocycles. The highest BCUT2D eigenvalue weighted by Crippen LogP contribution is 2.27. The topological polar surface area (TPSA) is 25.4 Å². The van der Waals surface area contributed by atoms with Crippen LogP contribution < -0.4 is 4.74 Å². The molecule has 1 aliphatic rings. The average Bonchev–Trinajstić information content (AvgIpc) is 2.50. The quantitative estimate of drug-likeness (QED) is 0.859. The van der Waals surface area contributed by atoms with Crippen molar-refractivity contribution >= 4 is 10.8 Å². The molecule has 0 N–H and O–H groups in total. The van der Waals surface area contributed by atoms with Crippen LogP contribution in [0.4, 0.5) is 4.39 Å². The largest absolute Gasteiger partial charge is 0.487 e. The molecule has 1 fully saturated rings. The predicted octanol–water partition coefficient (Wildman–Crippen LogP) is 3.63. The highest BCUT2D eigenvalue weighted by Gasteiger charge is 2.21. The maximum absolute atomic E-state index is 14.1. The molecule has 21 heavy (non-hydrogen) atoms. The van der Waals surface area contributed by atoms with E-state index in [1.807, 2.05) is 6.07 Å². The van der Waals surface area contributed by atoms with Crippen molar-refractivity contribution in [1.82, 2.24) is 9.88 Å². The lowest BCUT2D eigenvalue weighted by Gasteiger charge is -2.31. The predicted molar refractivity (Wildman–Crippen MR) is 82.1 cm³/mol. The molecule has 1 saturated heterocycles. The van der Waals surface area contributed by atoms with Crippen molar-refractivity contribution in [3.05, 3.63) is 36.4 Å². The van der Waals surface area contributed by atoms with E-state index < -0.39 is 0 Å². The summed E-state index contributed by atoms with van der Waals surface area (Å²) in [5.41, 5.74) is 0. The number of hydrogen-bond donors (Lipinski definition) is 0. The van der Waals surface area contributed by atoms with Gasteiger partial charge in [0.25, 0.3) is 0 Å². The van der Waals surface area contributed by atoms with Crippen molar-refractivity contribution < 1.29 is 9.13 Å². The zero-order chi connectivity index (χ0) is 14.7. The Morgan fingerprint density at radius 2 is 2.10 bits per heavy atom. The molecular weight excluding hydrogens is 267 g/mol. The Balaban J connectivity index is 1.69. The third kappa shape index (κ3) is 3.32. The summed E-state index contributed by atoms with van der Waals surface area (Å²) < 4.78 is 20.0. The van der Waals surface area contributed by atoms with Crippen LogP contribution in [-0.2, 0) is 0 Å². The van der Waals surface area contributed by atoms with Gasteiger partial charge in [-0.25, -0.2) is 4.39 Å². The van der Waals surface area contributed by atoms with Gasteiger partial charge in [0, 0.05) is 30.9 Å². The third-order valence-corrected chi connectivity index (χ3v) is 4.06. The van der Waals surface area contributed by atoms with Crippen molar-refractivity contribution in [2.45, 2.75) is 32.3 Å². The molecule has 1 aliphatic heterocycles. The summed E-state index contributed by atoms with van der Waals surface area (Å²) in [4.78, 5) is 6.46. The Morgan fingerprint density at radius 1 is 1.29 bits per heavy atom. The van der Waals surface area contributed by atoms with E-state index >= 15 is 0 Å². The number of halogens is 1. The van der Waals surface area contributed by atoms with Crippen molar-refractivity contribution in [3.63, 3.8) is 0 Å². The molecule has 0 bridgehead atoms. The summed E-state index contributed by atoms with van der Waals surface area (Å²) in [6.07, 6.45) is 6.62. The van der Waals surface area contributed by atoms with Gasteiger partial charge >= 0.3 is 0 Å². The molecule has 0 saturated carbocycles. The normalized spacial score (nSPS) is 17.2. The van der Waals surface area contributed by atoms with Crippen LogP contribution in [0.25, 0.3) is 10.8 Å². The summed E-state index contributed by atoms with van der Waals surface area (Å²) in [6.45, 7) is 5.42. The highest BCUT2D eigenvalue weighted by atomic mass is 19.1. The lowest BCUT2D eigenvalue weighted by molar-refractivity contribution is 0.0974. The molecule has 3 rings (SSSR count). The minimum absolute atomic E-state index is 0.117. The summed E-state index contributed by atoms with van der Waals surface area (Å²) in [5, 5.41) is 1.77. The molecule has 2 heterocycles. The first-order valence-electron chi connectivity index (χ1n) is 7.68. The third-order valence-electron chi connectivity index (χ3n) is 4.06. The number of hydrogen-bond acceptors (Lipinski definition) is 3. The Hall–Kier alpha value is -1.68. The van der Waals surface area contributed by atoms with Gasteiger partial charge < -0.3 is 9.64 Å². The van der Waals surface area contributed by atoms with Gasteiger partial charge in [0.1, 0.15) is 6.10 Å². The van der Waals surface area contributed by atoms with Crippen LogP contribution in [0.15, 0.2) is 30.6 Å². The first-order valence-corrected chi connectivity index (χ1v) is 7.68. The summed E-state index contributed by atoms with van der Waals surface area (Å²) in [6, 6.07) is 5.17. The van der Waals surface area contributed by atoms with E-state index in [2.05, 4.69) is 16.8 Å². The van der Waals surface area contributed by atoms with E-state index in [4.69, 9.17) is 4.74 Å². The van der Waals surface area contributed by atoms with Gasteiger partial charge in [0.05, 0.1) is 0 Å². The Bertz CT molecular complexity index is 609. The minimum atomic E-state index is -0.300. The fourth-order valence-electron chi connectivity index (χ4n) is 2.92. The van der Waals surface area contributed by atoms with Crippen LogP contribution in [0.1, 0.15) is 26.2 Å². The van der Waals surface area contributed by atoms with Crippen LogP contribution in [0.5, 0.6) is 5.75 Å². The van der Waals surface area contributed by atoms with Crippen molar-refractivity contribution in [2.24, 2.45) is 0 Å². The Morgan fingerprint density at radius 3 is 2.86 bits per heavy atom. The lowest BCUT2D eigenvalue weighted by atomic mass is 10.1. The molecule has 0 radical (unpaired) electrons. The second-order valence-corrected chi connectivity index (χ2v) is 5.66. The number of piperidine rings is 1. The van der Waals surface area contributed by atoms with Gasteiger partial charge in [-0.3, -0.25) is 4.98 Å². The van der Waals surface area contributed by atoms with E-state index in [0.717, 1.165) is 43.2 Å². The van der Waals surface area contributed by atoms with Gasteiger partial charge in [-0.15, -0.1) is 0 Å². The van der Waals surface area contributed by atoms with Gasteiger partial charge in [-0.05, 0) is 49.4 Å². The molecule has 3 nitrogen and oxygen atoms in total. The van der Waals surface area contributed by atoms with Crippen molar-refractivity contribution in [3.8, 4) is 5.75 Å². The van der Waals surface area contributed by atoms with Crippen LogP contribution in [-0.4, -0.2) is 35.6 Å². The highest BCUT2D eigenvalue weighted by molar-refractivity contribution is 5.83. The number of rotatable bonds is 4. The molecule has 0 aliphatic carbocycles. The fourth-order valence-corrected chi connectivity index (χ4v) is 2.92. The fraction of sp³-hybridized carbons (Fsp3) is 0.471. The van der Waals surface area contributed by atoms with E-state index in [9.17, 15) is 4.39 Å². The number of aromatic nitrogens is 1. The number of nitrogens with zero attached hydrogens (tertiary/aromatic N) is 2. The van der Waals surface area contributed by atoms with Crippen molar-refractivity contribution in [2.75, 3.05) is 19.6 Å². The molecule has 0 spiro atoms. The zero-order valence-electron chi connectivity index (χ0n) is 12.4. The maximum atomic E-state index is 14.1. The van der Waals surface area contributed by atoms with Crippen LogP contribution >= 0.6 is 0 Å². The van der Waals surface area contributed by atoms with E-state index in [-0.39, 0.29) is 11.9 Å². The summed E-state index contributed by atoms with van der Waals surface area (Å²) in [7, 11) is 0. The average molecular weight is 288 g/mol. The second-order valence-electron chi connectivity index (χ2n) is 5.66. The minimum Gasteiger partial charge on any atom is -0.487 e. The van der Waals surface area contributed by atoms with Crippen molar-refractivity contribution in [1.29, 1.82) is 0 Å².